The Labute approximate surface area is 192 Å². The van der Waals surface area contributed by atoms with Crippen LogP contribution in [-0.2, 0) is 23.8 Å². The van der Waals surface area contributed by atoms with E-state index in [9.17, 15) is 14.4 Å². The number of benzene rings is 1. The lowest BCUT2D eigenvalue weighted by Crippen LogP contribution is -2.60. The minimum Gasteiger partial charge on any atom is -0.491 e. The highest BCUT2D eigenvalue weighted by Crippen LogP contribution is 2.14. The third kappa shape index (κ3) is 8.06. The maximum Gasteiger partial charge on any atom is 0.308 e. The number of nitrogens with one attached hydrogen (secondary N) is 2. The number of thiocarbonyl (C=S) groups is 1. The molecule has 2 N–H and O–H groups in total. The normalized spacial score (nSPS) is 15.6. The van der Waals surface area contributed by atoms with Crippen LogP contribution in [0, 0.1) is 0 Å². The molecule has 2 rings (SSSR count). The highest BCUT2D eigenvalue weighted by atomic mass is 32.1. The molecule has 1 saturated heterocycles. The molecule has 0 radical (unpaired) electrons. The van der Waals surface area contributed by atoms with Crippen molar-refractivity contribution in [2.75, 3.05) is 53.2 Å². The molecular weight excluding hydrogens is 438 g/mol. The molecule has 0 spiro atoms. The number of methoxy groups -OCH3 is 1. The van der Waals surface area contributed by atoms with Crippen LogP contribution in [0.3, 0.4) is 0 Å². The smallest absolute Gasteiger partial charge is 0.308 e. The molecule has 2 amide bonds. The van der Waals surface area contributed by atoms with E-state index < -0.39 is 17.9 Å². The van der Waals surface area contributed by atoms with Crippen LogP contribution in [0.2, 0.25) is 0 Å². The summed E-state index contributed by atoms with van der Waals surface area (Å²) in [4.78, 5) is 38.5. The summed E-state index contributed by atoms with van der Waals surface area (Å²) in [6, 6.07) is 5.71. The molecule has 1 aromatic rings. The zero-order chi connectivity index (χ0) is 23.3. The number of amides is 2. The van der Waals surface area contributed by atoms with Gasteiger partial charge in [-0.3, -0.25) is 19.7 Å². The monoisotopic (exact) mass is 467 g/mol. The summed E-state index contributed by atoms with van der Waals surface area (Å²) in [6.45, 7) is 4.48. The van der Waals surface area contributed by atoms with Crippen molar-refractivity contribution < 1.29 is 33.3 Å². The Balaban J connectivity index is 1.92. The largest absolute Gasteiger partial charge is 0.491 e. The molecule has 0 saturated carbocycles. The van der Waals surface area contributed by atoms with Crippen LogP contribution < -0.4 is 15.4 Å². The molecule has 1 aliphatic heterocycles. The Morgan fingerprint density at radius 2 is 1.94 bits per heavy atom. The predicted molar refractivity (Wildman–Crippen MR) is 119 cm³/mol. The van der Waals surface area contributed by atoms with Gasteiger partial charge in [0.25, 0.3) is 5.91 Å². The number of ether oxygens (including phenoxy) is 4. The SMILES string of the molecule is CCOCCOc1ccc(C(=O)NC(=S)N2CCNC(=O)C2CC(=O)OCCOC)cc1. The van der Waals surface area contributed by atoms with Gasteiger partial charge in [0.1, 0.15) is 25.0 Å². The maximum atomic E-state index is 12.6. The van der Waals surface area contributed by atoms with Crippen molar-refractivity contribution in [3.05, 3.63) is 29.8 Å². The molecule has 1 fully saturated rings. The van der Waals surface area contributed by atoms with Crippen molar-refractivity contribution in [2.45, 2.75) is 19.4 Å². The summed E-state index contributed by atoms with van der Waals surface area (Å²) < 4.78 is 20.6. The molecule has 0 bridgehead atoms. The predicted octanol–water partition coefficient (Wildman–Crippen LogP) is 0.497. The lowest BCUT2D eigenvalue weighted by molar-refractivity contribution is -0.148. The Morgan fingerprint density at radius 3 is 2.62 bits per heavy atom. The zero-order valence-corrected chi connectivity index (χ0v) is 19.1. The molecule has 0 aliphatic carbocycles. The second-order valence-corrected chi connectivity index (χ2v) is 7.13. The van der Waals surface area contributed by atoms with E-state index in [0.29, 0.717) is 44.2 Å². The van der Waals surface area contributed by atoms with Crippen LogP contribution in [0.4, 0.5) is 0 Å². The number of carbonyl (C=O) groups excluding carboxylic acids is 3. The summed E-state index contributed by atoms with van der Waals surface area (Å²) in [5, 5.41) is 5.39. The molecule has 1 unspecified atom stereocenters. The van der Waals surface area contributed by atoms with Gasteiger partial charge in [-0.05, 0) is 43.4 Å². The fraction of sp³-hybridized carbons (Fsp3) is 0.524. The van der Waals surface area contributed by atoms with E-state index in [2.05, 4.69) is 10.6 Å². The van der Waals surface area contributed by atoms with Gasteiger partial charge >= 0.3 is 5.97 Å². The second-order valence-electron chi connectivity index (χ2n) is 6.75. The first-order valence-corrected chi connectivity index (χ1v) is 10.7. The number of carbonyl (C=O) groups is 3. The molecule has 10 nitrogen and oxygen atoms in total. The average molecular weight is 468 g/mol. The van der Waals surface area contributed by atoms with Gasteiger partial charge in [-0.25, -0.2) is 0 Å². The number of hydrogen-bond acceptors (Lipinski definition) is 8. The summed E-state index contributed by atoms with van der Waals surface area (Å²) in [7, 11) is 1.49. The Morgan fingerprint density at radius 1 is 1.19 bits per heavy atom. The van der Waals surface area contributed by atoms with Gasteiger partial charge < -0.3 is 29.2 Å². The summed E-state index contributed by atoms with van der Waals surface area (Å²) >= 11 is 5.35. The van der Waals surface area contributed by atoms with Gasteiger partial charge in [0.2, 0.25) is 5.91 Å². The fourth-order valence-corrected chi connectivity index (χ4v) is 3.23. The van der Waals surface area contributed by atoms with E-state index in [4.69, 9.17) is 31.2 Å². The quantitative estimate of drug-likeness (QED) is 0.273. The van der Waals surface area contributed by atoms with E-state index in [-0.39, 0.29) is 30.7 Å². The highest BCUT2D eigenvalue weighted by molar-refractivity contribution is 7.80. The van der Waals surface area contributed by atoms with Crippen molar-refractivity contribution >= 4 is 35.1 Å². The highest BCUT2D eigenvalue weighted by Gasteiger charge is 2.34. The first-order valence-electron chi connectivity index (χ1n) is 10.3. The van der Waals surface area contributed by atoms with E-state index in [1.54, 1.807) is 24.3 Å². The van der Waals surface area contributed by atoms with Gasteiger partial charge in [-0.2, -0.15) is 0 Å². The van der Waals surface area contributed by atoms with Crippen molar-refractivity contribution in [1.29, 1.82) is 0 Å². The van der Waals surface area contributed by atoms with Crippen LogP contribution in [0.1, 0.15) is 23.7 Å². The van der Waals surface area contributed by atoms with E-state index in [1.807, 2.05) is 6.92 Å². The number of hydrogen-bond donors (Lipinski definition) is 2. The zero-order valence-electron chi connectivity index (χ0n) is 18.3. The van der Waals surface area contributed by atoms with E-state index in [1.165, 1.54) is 12.0 Å². The minimum absolute atomic E-state index is 0.0663. The summed E-state index contributed by atoms with van der Waals surface area (Å²) in [5.41, 5.74) is 0.376. The van der Waals surface area contributed by atoms with E-state index >= 15 is 0 Å². The number of nitrogens with zero attached hydrogens (tertiary/aromatic N) is 1. The summed E-state index contributed by atoms with van der Waals surface area (Å²) in [6.07, 6.45) is -0.195. The van der Waals surface area contributed by atoms with Crippen LogP contribution in [0.25, 0.3) is 0 Å². The third-order valence-electron chi connectivity index (χ3n) is 4.54. The van der Waals surface area contributed by atoms with Gasteiger partial charge in [0, 0.05) is 32.4 Å². The van der Waals surface area contributed by atoms with Gasteiger partial charge in [0.15, 0.2) is 5.11 Å². The molecule has 176 valence electrons. The second kappa shape index (κ2) is 13.6. The molecule has 0 aromatic heterocycles. The third-order valence-corrected chi connectivity index (χ3v) is 4.88. The first-order chi connectivity index (χ1) is 15.5. The minimum atomic E-state index is -0.868. The van der Waals surface area contributed by atoms with Crippen LogP contribution in [-0.4, -0.2) is 87.1 Å². The van der Waals surface area contributed by atoms with E-state index in [0.717, 1.165) is 0 Å². The van der Waals surface area contributed by atoms with Crippen molar-refractivity contribution in [3.8, 4) is 5.75 Å². The van der Waals surface area contributed by atoms with Crippen molar-refractivity contribution in [1.82, 2.24) is 15.5 Å². The Bertz CT molecular complexity index is 788. The standard InChI is InChI=1S/C21H29N3O7S/c1-3-29-11-13-30-16-6-4-15(5-7-16)19(26)23-21(32)24-9-8-22-20(27)17(24)14-18(25)31-12-10-28-2/h4-7,17H,3,8-14H2,1-2H3,(H,22,27)(H,23,26,32). The van der Waals surface area contributed by atoms with Crippen LogP contribution in [0.15, 0.2) is 24.3 Å². The molecule has 1 aliphatic rings. The topological polar surface area (TPSA) is 115 Å². The number of esters is 1. The average Bonchev–Trinajstić information content (AvgIpc) is 2.78. The molecular formula is C21H29N3O7S. The molecule has 1 atom stereocenters. The number of piperazine rings is 1. The lowest BCUT2D eigenvalue weighted by atomic mass is 10.1. The van der Waals surface area contributed by atoms with Crippen LogP contribution in [0.5, 0.6) is 5.75 Å². The summed E-state index contributed by atoms with van der Waals surface area (Å²) in [5.74, 6) is -0.722. The first kappa shape index (κ1) is 25.5. The number of rotatable bonds is 11. The molecule has 11 heteroatoms. The van der Waals surface area contributed by atoms with Gasteiger partial charge in [-0.15, -0.1) is 0 Å². The molecule has 1 heterocycles. The lowest BCUT2D eigenvalue weighted by Gasteiger charge is -2.36. The van der Waals surface area contributed by atoms with Gasteiger partial charge in [-0.1, -0.05) is 0 Å². The Kier molecular flexibility index (Phi) is 10.8. The maximum absolute atomic E-state index is 12.6. The molecule has 1 aromatic carbocycles. The van der Waals surface area contributed by atoms with Crippen molar-refractivity contribution in [2.24, 2.45) is 0 Å². The van der Waals surface area contributed by atoms with Crippen molar-refractivity contribution in [3.63, 3.8) is 0 Å². The molecule has 32 heavy (non-hydrogen) atoms. The fourth-order valence-electron chi connectivity index (χ4n) is 2.92. The van der Waals surface area contributed by atoms with Gasteiger partial charge in [0.05, 0.1) is 19.6 Å². The Hall–Kier alpha value is -2.76. The van der Waals surface area contributed by atoms with Crippen LogP contribution >= 0.6 is 12.2 Å².